The number of nitrogens with one attached hydrogen (secondary N) is 2. The zero-order valence-corrected chi connectivity index (χ0v) is 25.3. The van der Waals surface area contributed by atoms with Crippen molar-refractivity contribution in [1.82, 2.24) is 20.4 Å². The lowest BCUT2D eigenvalue weighted by Gasteiger charge is -2.45. The molecule has 0 radical (unpaired) electrons. The van der Waals surface area contributed by atoms with Crippen molar-refractivity contribution < 1.29 is 18.6 Å². The van der Waals surface area contributed by atoms with E-state index in [1.165, 1.54) is 6.07 Å². The van der Waals surface area contributed by atoms with Crippen LogP contribution in [0.4, 0.5) is 14.5 Å². The van der Waals surface area contributed by atoms with Gasteiger partial charge in [0.05, 0.1) is 24.4 Å². The Morgan fingerprint density at radius 2 is 1.96 bits per heavy atom. The summed E-state index contributed by atoms with van der Waals surface area (Å²) in [6, 6.07) is 9.52. The van der Waals surface area contributed by atoms with Crippen LogP contribution in [0.15, 0.2) is 46.8 Å². The summed E-state index contributed by atoms with van der Waals surface area (Å²) < 4.78 is 36.1. The maximum atomic E-state index is 14.9. The van der Waals surface area contributed by atoms with Gasteiger partial charge in [0.1, 0.15) is 29.4 Å². The second kappa shape index (κ2) is 10.9. The van der Waals surface area contributed by atoms with Crippen LogP contribution in [0.5, 0.6) is 5.75 Å². The number of allylic oxidation sites excluding steroid dienone is 1. The molecule has 5 atom stereocenters. The Morgan fingerprint density at radius 3 is 2.73 bits per heavy atom. The van der Waals surface area contributed by atoms with Crippen molar-refractivity contribution in [2.24, 2.45) is 0 Å². The number of benzene rings is 2. The zero-order valence-electron chi connectivity index (χ0n) is 25.3. The normalized spacial score (nSPS) is 31.2. The van der Waals surface area contributed by atoms with Crippen molar-refractivity contribution in [3.8, 4) is 24.2 Å². The third-order valence-electron chi connectivity index (χ3n) is 10.9. The third kappa shape index (κ3) is 4.74. The smallest absolute Gasteiger partial charge is 0.165 e. The molecule has 0 amide bonds. The number of phenols is 1. The van der Waals surface area contributed by atoms with Crippen molar-refractivity contribution in [2.75, 3.05) is 50.8 Å². The van der Waals surface area contributed by atoms with Gasteiger partial charge >= 0.3 is 0 Å². The van der Waals surface area contributed by atoms with Crippen LogP contribution in [0, 0.1) is 29.5 Å². The molecule has 8 nitrogen and oxygen atoms in total. The monoisotopic (exact) mass is 612 g/mol. The number of phenolic OH excluding ortho intramolecular Hbond substituents is 1. The number of halogens is 2. The molecule has 2 aromatic rings. The minimum Gasteiger partial charge on any atom is -0.508 e. The molecule has 10 heteroatoms. The van der Waals surface area contributed by atoms with E-state index in [1.807, 2.05) is 0 Å². The lowest BCUT2D eigenvalue weighted by Crippen LogP contribution is -2.54. The second-order valence-electron chi connectivity index (χ2n) is 13.6. The highest BCUT2D eigenvalue weighted by Crippen LogP contribution is 2.43. The van der Waals surface area contributed by atoms with Crippen LogP contribution in [0.3, 0.4) is 0 Å². The van der Waals surface area contributed by atoms with E-state index in [1.54, 1.807) is 18.2 Å². The molecule has 2 aromatic carbocycles. The highest BCUT2D eigenvalue weighted by atomic mass is 19.1. The van der Waals surface area contributed by atoms with E-state index in [0.29, 0.717) is 73.2 Å². The van der Waals surface area contributed by atoms with E-state index in [2.05, 4.69) is 37.3 Å². The number of likely N-dealkylation sites (tertiary alicyclic amines) is 1. The van der Waals surface area contributed by atoms with E-state index in [-0.39, 0.29) is 16.9 Å². The van der Waals surface area contributed by atoms with Crippen molar-refractivity contribution in [3.63, 3.8) is 0 Å². The molecule has 0 saturated carbocycles. The van der Waals surface area contributed by atoms with Crippen molar-refractivity contribution in [1.29, 1.82) is 5.26 Å². The highest BCUT2D eigenvalue weighted by molar-refractivity contribution is 6.00. The Bertz CT molecular complexity index is 1700. The fourth-order valence-corrected chi connectivity index (χ4v) is 8.94. The summed E-state index contributed by atoms with van der Waals surface area (Å²) in [5.74, 6) is 2.13. The Balaban J connectivity index is 1.17. The zero-order chi connectivity index (χ0) is 30.9. The maximum Gasteiger partial charge on any atom is 0.165 e. The highest BCUT2D eigenvalue weighted by Gasteiger charge is 2.50. The van der Waals surface area contributed by atoms with Gasteiger partial charge < -0.3 is 30.3 Å². The molecule has 45 heavy (non-hydrogen) atoms. The molecule has 6 aliphatic rings. The first kappa shape index (κ1) is 28.6. The number of hydrogen-bond donors (Lipinski definition) is 3. The molecule has 8 rings (SSSR count). The number of piperazine rings is 1. The molecule has 0 spiro atoms. The van der Waals surface area contributed by atoms with Crippen LogP contribution in [0.1, 0.15) is 44.1 Å². The molecule has 3 N–H and O–H groups in total. The number of nitriles is 1. The molecule has 6 heterocycles. The summed E-state index contributed by atoms with van der Waals surface area (Å²) in [5, 5.41) is 29.8. The average molecular weight is 613 g/mol. The number of nitrogens with zero attached hydrogens (tertiary/aromatic N) is 4. The van der Waals surface area contributed by atoms with Gasteiger partial charge in [0.2, 0.25) is 0 Å². The van der Waals surface area contributed by atoms with Gasteiger partial charge in [-0.15, -0.1) is 6.42 Å². The van der Waals surface area contributed by atoms with Gasteiger partial charge in [0.15, 0.2) is 6.23 Å². The molecule has 0 aromatic heterocycles. The first-order valence-electron chi connectivity index (χ1n) is 16.2. The fourth-order valence-electron chi connectivity index (χ4n) is 8.94. The lowest BCUT2D eigenvalue weighted by atomic mass is 9.91. The van der Waals surface area contributed by atoms with Crippen LogP contribution < -0.4 is 15.5 Å². The molecular weight excluding hydrogens is 574 g/mol. The molecule has 3 unspecified atom stereocenters. The van der Waals surface area contributed by atoms with Crippen LogP contribution >= 0.6 is 0 Å². The summed E-state index contributed by atoms with van der Waals surface area (Å²) in [6.45, 7) is 4.37. The average Bonchev–Trinajstić information content (AvgIpc) is 3.68. The number of hydrogen-bond acceptors (Lipinski definition) is 8. The first-order valence-corrected chi connectivity index (χ1v) is 16.2. The Hall–Kier alpha value is -3.83. The first-order chi connectivity index (χ1) is 21.9. The van der Waals surface area contributed by atoms with Gasteiger partial charge in [-0.3, -0.25) is 4.90 Å². The van der Waals surface area contributed by atoms with Crippen molar-refractivity contribution in [2.45, 2.75) is 68.5 Å². The number of terminal acetylenes is 1. The summed E-state index contributed by atoms with van der Waals surface area (Å²) in [6.07, 6.45) is 9.50. The van der Waals surface area contributed by atoms with E-state index in [0.717, 1.165) is 62.3 Å². The second-order valence-corrected chi connectivity index (χ2v) is 13.6. The Kier molecular flexibility index (Phi) is 6.94. The number of dihydropyridines is 1. The molecule has 4 saturated heterocycles. The molecular formula is C35H38F2N6O2. The summed E-state index contributed by atoms with van der Waals surface area (Å²) in [4.78, 5) is 6.72. The topological polar surface area (TPSA) is 87.0 Å². The van der Waals surface area contributed by atoms with Crippen LogP contribution in [-0.2, 0) is 4.74 Å². The predicted molar refractivity (Wildman–Crippen MR) is 167 cm³/mol. The number of fused-ring (bicyclic) bond motifs is 4. The van der Waals surface area contributed by atoms with Crippen LogP contribution in [-0.4, -0.2) is 90.8 Å². The van der Waals surface area contributed by atoms with Gasteiger partial charge in [-0.2, -0.15) is 5.26 Å². The van der Waals surface area contributed by atoms with Gasteiger partial charge in [0, 0.05) is 73.1 Å². The minimum absolute atomic E-state index is 0.0800. The quantitative estimate of drug-likeness (QED) is 0.439. The van der Waals surface area contributed by atoms with Gasteiger partial charge in [0.25, 0.3) is 0 Å². The summed E-state index contributed by atoms with van der Waals surface area (Å²) in [7, 11) is 0. The minimum atomic E-state index is -0.859. The van der Waals surface area contributed by atoms with E-state index < -0.39 is 18.2 Å². The van der Waals surface area contributed by atoms with Gasteiger partial charge in [-0.05, 0) is 61.7 Å². The number of aromatic hydroxyl groups is 1. The maximum absolute atomic E-state index is 14.9. The standard InChI is InChI=1S/C35H38F2N6O2/c1-2-26-29(37)7-4-21-12-25(44)13-31(32(21)26)41-11-8-27-30(19-41)40-34(45-20-35-9-3-10-43(35)16-22(36)14-35)28(15-38)33(27)42-17-23-5-6-24(18-42)39-23/h1,4,7,12-13,22-24,34,39-40,44H,3,5-6,8-11,14,16-20H2/t22-,23?,24?,34?,35+/m1/s1. The third-order valence-corrected chi connectivity index (χ3v) is 10.9. The van der Waals surface area contributed by atoms with Crippen LogP contribution in [0.25, 0.3) is 10.8 Å². The predicted octanol–water partition coefficient (Wildman–Crippen LogP) is 3.87. The van der Waals surface area contributed by atoms with E-state index in [4.69, 9.17) is 11.2 Å². The fraction of sp³-hybridized carbons (Fsp3) is 0.514. The van der Waals surface area contributed by atoms with Gasteiger partial charge in [-0.25, -0.2) is 8.78 Å². The van der Waals surface area contributed by atoms with E-state index in [9.17, 15) is 19.1 Å². The van der Waals surface area contributed by atoms with Crippen LogP contribution in [0.2, 0.25) is 0 Å². The Labute approximate surface area is 262 Å². The summed E-state index contributed by atoms with van der Waals surface area (Å²) in [5.41, 5.74) is 4.09. The number of ether oxygens (including phenoxy) is 1. The molecule has 4 fully saturated rings. The molecule has 6 aliphatic heterocycles. The summed E-state index contributed by atoms with van der Waals surface area (Å²) >= 11 is 0. The van der Waals surface area contributed by atoms with E-state index >= 15 is 0 Å². The molecule has 2 bridgehead atoms. The largest absolute Gasteiger partial charge is 0.508 e. The Morgan fingerprint density at radius 1 is 1.13 bits per heavy atom. The lowest BCUT2D eigenvalue weighted by molar-refractivity contribution is -0.00815. The van der Waals surface area contributed by atoms with Crippen molar-refractivity contribution >= 4 is 16.5 Å². The SMILES string of the molecule is C#Cc1c(F)ccc2cc(O)cc(N3CCC4=C(C3)NC(OC[C@@]35CCCN3C[C@H](F)C5)C(C#N)=C4N3CC4CCC(C3)N4)c12. The number of rotatable bonds is 5. The number of alkyl halides is 1. The molecule has 234 valence electrons. The van der Waals surface area contributed by atoms with Crippen molar-refractivity contribution in [3.05, 3.63) is 58.2 Å². The van der Waals surface area contributed by atoms with Gasteiger partial charge in [-0.1, -0.05) is 12.0 Å². The molecule has 0 aliphatic carbocycles. The number of anilines is 1.